The summed E-state index contributed by atoms with van der Waals surface area (Å²) in [5.74, 6) is -0.423. The number of aryl methyl sites for hydroxylation is 1. The van der Waals surface area contributed by atoms with E-state index >= 15 is 4.39 Å². The fourth-order valence-corrected chi connectivity index (χ4v) is 4.41. The number of halogens is 2. The minimum atomic E-state index is -2.50. The lowest BCUT2D eigenvalue weighted by Crippen LogP contribution is -2.09. The third-order valence-corrected chi connectivity index (χ3v) is 7.06. The van der Waals surface area contributed by atoms with Gasteiger partial charge in [-0.05, 0) is 39.3 Å². The van der Waals surface area contributed by atoms with Crippen LogP contribution < -0.4 is 10.8 Å². The van der Waals surface area contributed by atoms with Gasteiger partial charge < -0.3 is 9.88 Å². The molecule has 0 amide bonds. The van der Waals surface area contributed by atoms with Gasteiger partial charge in [-0.2, -0.15) is 0 Å². The summed E-state index contributed by atoms with van der Waals surface area (Å²) in [5.41, 5.74) is 4.07. The smallest absolute Gasteiger partial charge is 0.133 e. The van der Waals surface area contributed by atoms with Crippen LogP contribution in [0, 0.1) is 12.7 Å². The zero-order valence-corrected chi connectivity index (χ0v) is 19.7. The predicted octanol–water partition coefficient (Wildman–Crippen LogP) is 5.61. The van der Waals surface area contributed by atoms with Crippen LogP contribution in [0.4, 0.5) is 10.1 Å². The van der Waals surface area contributed by atoms with Crippen LogP contribution in [0.15, 0.2) is 49.2 Å². The Morgan fingerprint density at radius 2 is 1.84 bits per heavy atom. The average molecular weight is 470 g/mol. The maximum absolute atomic E-state index is 15.0. The van der Waals surface area contributed by atoms with E-state index in [-0.39, 0.29) is 6.04 Å². The van der Waals surface area contributed by atoms with Crippen molar-refractivity contribution in [1.82, 2.24) is 19.9 Å². The molecule has 1 N–H and O–H groups in total. The second-order valence-electron chi connectivity index (χ2n) is 8.03. The van der Waals surface area contributed by atoms with Crippen molar-refractivity contribution in [3.8, 4) is 11.1 Å². The highest BCUT2D eigenvalue weighted by Gasteiger charge is 2.19. The Morgan fingerprint density at radius 1 is 1.12 bits per heavy atom. The molecule has 1 unspecified atom stereocenters. The van der Waals surface area contributed by atoms with Crippen LogP contribution in [0.1, 0.15) is 24.2 Å². The molecular formula is C23H22ClFN5OP. The molecule has 4 rings (SSSR count). The largest absolute Gasteiger partial charge is 0.377 e. The minimum absolute atomic E-state index is 0.142. The number of hydrogen-bond donors (Lipinski definition) is 1. The van der Waals surface area contributed by atoms with E-state index in [9.17, 15) is 4.57 Å². The Balaban J connectivity index is 1.84. The molecule has 164 valence electrons. The van der Waals surface area contributed by atoms with Gasteiger partial charge in [-0.25, -0.2) is 14.4 Å². The number of hydrogen-bond acceptors (Lipinski definition) is 6. The van der Waals surface area contributed by atoms with Crippen LogP contribution in [0.25, 0.3) is 22.0 Å². The summed E-state index contributed by atoms with van der Waals surface area (Å²) < 4.78 is 27.3. The van der Waals surface area contributed by atoms with Crippen molar-refractivity contribution in [2.24, 2.45) is 0 Å². The maximum Gasteiger partial charge on any atom is 0.133 e. The number of benzene rings is 1. The lowest BCUT2D eigenvalue weighted by molar-refractivity contribution is 0.588. The number of pyridine rings is 2. The zero-order valence-electron chi connectivity index (χ0n) is 18.1. The molecule has 6 nitrogen and oxygen atoms in total. The van der Waals surface area contributed by atoms with E-state index in [1.54, 1.807) is 57.0 Å². The average Bonchev–Trinajstić information content (AvgIpc) is 2.76. The first kappa shape index (κ1) is 22.3. The van der Waals surface area contributed by atoms with Gasteiger partial charge in [0, 0.05) is 46.7 Å². The molecule has 9 heteroatoms. The van der Waals surface area contributed by atoms with Crippen molar-refractivity contribution in [2.45, 2.75) is 19.9 Å². The predicted molar refractivity (Wildman–Crippen MR) is 128 cm³/mol. The molecular weight excluding hydrogens is 448 g/mol. The van der Waals surface area contributed by atoms with Gasteiger partial charge in [0.2, 0.25) is 0 Å². The maximum atomic E-state index is 15.0. The van der Waals surface area contributed by atoms with E-state index in [4.69, 9.17) is 11.6 Å². The SMILES string of the molecule is Cc1nc2cc(F)c(-c3ccc(P(C)(C)=O)nc3)cc2c(NC(C)c2cncnc2)c1Cl. The van der Waals surface area contributed by atoms with E-state index in [0.29, 0.717) is 43.9 Å². The van der Waals surface area contributed by atoms with E-state index < -0.39 is 13.0 Å². The summed E-state index contributed by atoms with van der Waals surface area (Å²) in [6.07, 6.45) is 6.47. The Hall–Kier alpha value is -2.89. The van der Waals surface area contributed by atoms with Gasteiger partial charge in [0.25, 0.3) is 0 Å². The summed E-state index contributed by atoms with van der Waals surface area (Å²) in [4.78, 5) is 16.9. The Labute approximate surface area is 190 Å². The molecule has 0 aliphatic carbocycles. The molecule has 32 heavy (non-hydrogen) atoms. The van der Waals surface area contributed by atoms with Gasteiger partial charge in [-0.1, -0.05) is 17.7 Å². The summed E-state index contributed by atoms with van der Waals surface area (Å²) in [6.45, 7) is 7.06. The molecule has 0 fully saturated rings. The second-order valence-corrected chi connectivity index (χ2v) is 11.6. The standard InChI is InChI=1S/C23H22ClFN5OP/c1-13(16-9-26-12-27-10-16)30-23-18-7-17(15-5-6-21(28-11-15)32(3,4)31)19(25)8-20(18)29-14(2)22(23)24/h5-13H,1-4H3,(H,29,30). The molecule has 0 saturated heterocycles. The number of anilines is 1. The molecule has 0 saturated carbocycles. The zero-order chi connectivity index (χ0) is 23.0. The van der Waals surface area contributed by atoms with Gasteiger partial charge in [0.15, 0.2) is 0 Å². The van der Waals surface area contributed by atoms with Crippen LogP contribution in [-0.2, 0) is 4.57 Å². The van der Waals surface area contributed by atoms with Gasteiger partial charge in [0.05, 0.1) is 33.4 Å². The first-order valence-electron chi connectivity index (χ1n) is 9.98. The van der Waals surface area contributed by atoms with E-state index in [0.717, 1.165) is 5.56 Å². The number of aromatic nitrogens is 4. The van der Waals surface area contributed by atoms with Crippen LogP contribution >= 0.6 is 18.7 Å². The van der Waals surface area contributed by atoms with Crippen LogP contribution in [-0.4, -0.2) is 33.3 Å². The molecule has 1 aromatic carbocycles. The van der Waals surface area contributed by atoms with Gasteiger partial charge in [0.1, 0.15) is 19.3 Å². The Kier molecular flexibility index (Phi) is 5.97. The second kappa shape index (κ2) is 8.57. The lowest BCUT2D eigenvalue weighted by atomic mass is 10.0. The summed E-state index contributed by atoms with van der Waals surface area (Å²) in [6, 6.07) is 6.38. The highest BCUT2D eigenvalue weighted by molar-refractivity contribution is 7.69. The van der Waals surface area contributed by atoms with Crippen LogP contribution in [0.3, 0.4) is 0 Å². The van der Waals surface area contributed by atoms with Crippen molar-refractivity contribution < 1.29 is 8.96 Å². The number of nitrogens with zero attached hydrogens (tertiary/aromatic N) is 4. The third-order valence-electron chi connectivity index (χ3n) is 5.23. The molecule has 0 aliphatic rings. The van der Waals surface area contributed by atoms with Crippen molar-refractivity contribution in [3.05, 3.63) is 71.3 Å². The Morgan fingerprint density at radius 3 is 2.47 bits per heavy atom. The summed E-state index contributed by atoms with van der Waals surface area (Å²) in [7, 11) is -2.50. The molecule has 3 aromatic heterocycles. The first-order chi connectivity index (χ1) is 15.1. The molecule has 0 bridgehead atoms. The number of nitrogens with one attached hydrogen (secondary N) is 1. The van der Waals surface area contributed by atoms with Gasteiger partial charge in [-0.15, -0.1) is 0 Å². The molecule has 0 spiro atoms. The van der Waals surface area contributed by atoms with E-state index in [2.05, 4.69) is 25.3 Å². The molecule has 3 heterocycles. The normalized spacial score (nSPS) is 12.7. The number of rotatable bonds is 5. The summed E-state index contributed by atoms with van der Waals surface area (Å²) >= 11 is 6.62. The topological polar surface area (TPSA) is 80.7 Å². The molecule has 1 atom stereocenters. The minimum Gasteiger partial charge on any atom is -0.377 e. The highest BCUT2D eigenvalue weighted by Crippen LogP contribution is 2.38. The monoisotopic (exact) mass is 469 g/mol. The Bertz CT molecular complexity index is 1340. The van der Waals surface area contributed by atoms with Crippen LogP contribution in [0.2, 0.25) is 5.02 Å². The quantitative estimate of drug-likeness (QED) is 0.383. The first-order valence-corrected chi connectivity index (χ1v) is 13.0. The fraction of sp³-hybridized carbons (Fsp3) is 0.217. The van der Waals surface area contributed by atoms with Crippen molar-refractivity contribution in [3.63, 3.8) is 0 Å². The van der Waals surface area contributed by atoms with Crippen molar-refractivity contribution >= 4 is 40.8 Å². The molecule has 0 radical (unpaired) electrons. The van der Waals surface area contributed by atoms with Crippen molar-refractivity contribution in [2.75, 3.05) is 18.6 Å². The van der Waals surface area contributed by atoms with Gasteiger partial charge >= 0.3 is 0 Å². The molecule has 0 aliphatic heterocycles. The van der Waals surface area contributed by atoms with E-state index in [1.165, 1.54) is 12.4 Å². The fourth-order valence-electron chi connectivity index (χ4n) is 3.44. The highest BCUT2D eigenvalue weighted by atomic mass is 35.5. The lowest BCUT2D eigenvalue weighted by Gasteiger charge is -2.19. The van der Waals surface area contributed by atoms with Crippen molar-refractivity contribution in [1.29, 1.82) is 0 Å². The number of fused-ring (bicyclic) bond motifs is 1. The summed E-state index contributed by atoms with van der Waals surface area (Å²) in [5, 5.41) is 4.56. The van der Waals surface area contributed by atoms with Crippen LogP contribution in [0.5, 0.6) is 0 Å². The molecule has 4 aromatic rings. The van der Waals surface area contributed by atoms with E-state index in [1.807, 2.05) is 6.92 Å². The third kappa shape index (κ3) is 4.36. The van der Waals surface area contributed by atoms with Gasteiger partial charge in [-0.3, -0.25) is 9.97 Å².